The molecule has 0 fully saturated rings. The van der Waals surface area contributed by atoms with Gasteiger partial charge in [-0.2, -0.15) is 0 Å². The Morgan fingerprint density at radius 2 is 2.00 bits per heavy atom. The van der Waals surface area contributed by atoms with Crippen molar-refractivity contribution in [2.45, 2.75) is 25.7 Å². The summed E-state index contributed by atoms with van der Waals surface area (Å²) < 4.78 is 5.27. The average Bonchev–Trinajstić information content (AvgIpc) is 2.92. The Morgan fingerprint density at radius 3 is 2.55 bits per heavy atom. The predicted molar refractivity (Wildman–Crippen MR) is 82.9 cm³/mol. The van der Waals surface area contributed by atoms with Gasteiger partial charge in [0.05, 0.1) is 12.0 Å². The van der Waals surface area contributed by atoms with Gasteiger partial charge in [-0.15, -0.1) is 11.3 Å². The number of esters is 1. The fourth-order valence-electron chi connectivity index (χ4n) is 2.20. The second kappa shape index (κ2) is 6.09. The van der Waals surface area contributed by atoms with Crippen molar-refractivity contribution in [3.63, 3.8) is 0 Å². The van der Waals surface area contributed by atoms with Gasteiger partial charge in [-0.3, -0.25) is 4.79 Å². The number of nitrogen functional groups attached to an aromatic ring is 1. The minimum Gasteiger partial charge on any atom is -0.465 e. The van der Waals surface area contributed by atoms with Gasteiger partial charge in [-0.1, -0.05) is 18.2 Å². The summed E-state index contributed by atoms with van der Waals surface area (Å²) in [6.07, 6.45) is 0.632. The van der Waals surface area contributed by atoms with Gasteiger partial charge < -0.3 is 10.5 Å². The topological polar surface area (TPSA) is 52.3 Å². The van der Waals surface area contributed by atoms with Crippen molar-refractivity contribution in [3.8, 4) is 0 Å². The Kier molecular flexibility index (Phi) is 4.45. The first-order valence-electron chi connectivity index (χ1n) is 6.62. The third kappa shape index (κ3) is 3.02. The molecule has 0 aliphatic rings. The van der Waals surface area contributed by atoms with E-state index in [4.69, 9.17) is 10.5 Å². The monoisotopic (exact) mass is 289 g/mol. The van der Waals surface area contributed by atoms with Crippen molar-refractivity contribution in [2.24, 2.45) is 0 Å². The van der Waals surface area contributed by atoms with E-state index in [1.54, 1.807) is 11.3 Å². The normalized spacial score (nSPS) is 13.7. The third-order valence-electron chi connectivity index (χ3n) is 3.38. The molecule has 106 valence electrons. The molecule has 1 atom stereocenters. The fourth-order valence-corrected chi connectivity index (χ4v) is 3.06. The Balaban J connectivity index is 2.37. The van der Waals surface area contributed by atoms with E-state index in [1.807, 2.05) is 55.6 Å². The highest BCUT2D eigenvalue weighted by atomic mass is 32.1. The maximum absolute atomic E-state index is 12.4. The summed E-state index contributed by atoms with van der Waals surface area (Å²) in [6, 6.07) is 11.5. The molecule has 1 heterocycles. The Hall–Kier alpha value is -1.81. The first kappa shape index (κ1) is 14.6. The molecule has 1 unspecified atom stereocenters. The summed E-state index contributed by atoms with van der Waals surface area (Å²) in [5.41, 5.74) is 6.66. The summed E-state index contributed by atoms with van der Waals surface area (Å²) >= 11 is 1.65. The standard InChI is InChI=1S/C16H19NO2S/c1-3-19-15(18)16(2,11-14-5-4-10-20-14)12-6-8-13(17)9-7-12/h4-10H,3,11,17H2,1-2H3. The highest BCUT2D eigenvalue weighted by Crippen LogP contribution is 2.32. The zero-order valence-corrected chi connectivity index (χ0v) is 12.6. The second-order valence-electron chi connectivity index (χ2n) is 4.93. The molecule has 0 saturated carbocycles. The predicted octanol–water partition coefficient (Wildman–Crippen LogP) is 3.39. The second-order valence-corrected chi connectivity index (χ2v) is 5.96. The lowest BCUT2D eigenvalue weighted by molar-refractivity contribution is -0.149. The zero-order valence-electron chi connectivity index (χ0n) is 11.8. The summed E-state index contributed by atoms with van der Waals surface area (Å²) in [6.45, 7) is 4.14. The molecule has 0 aliphatic heterocycles. The first-order chi connectivity index (χ1) is 9.56. The smallest absolute Gasteiger partial charge is 0.316 e. The third-order valence-corrected chi connectivity index (χ3v) is 4.26. The van der Waals surface area contributed by atoms with Crippen LogP contribution in [0.15, 0.2) is 41.8 Å². The molecule has 0 aliphatic carbocycles. The van der Waals surface area contributed by atoms with Crippen molar-refractivity contribution in [3.05, 3.63) is 52.2 Å². The molecule has 3 nitrogen and oxygen atoms in total. The molecule has 20 heavy (non-hydrogen) atoms. The fraction of sp³-hybridized carbons (Fsp3) is 0.312. The summed E-state index contributed by atoms with van der Waals surface area (Å²) in [5, 5.41) is 2.02. The number of anilines is 1. The molecular formula is C16H19NO2S. The number of rotatable bonds is 5. The number of thiophene rings is 1. The Bertz CT molecular complexity index is 563. The number of carbonyl (C=O) groups excluding carboxylic acids is 1. The highest BCUT2D eigenvalue weighted by Gasteiger charge is 2.37. The van der Waals surface area contributed by atoms with Crippen LogP contribution in [0.5, 0.6) is 0 Å². The quantitative estimate of drug-likeness (QED) is 0.678. The maximum atomic E-state index is 12.4. The highest BCUT2D eigenvalue weighted by molar-refractivity contribution is 7.09. The van der Waals surface area contributed by atoms with Crippen molar-refractivity contribution in [2.75, 3.05) is 12.3 Å². The van der Waals surface area contributed by atoms with E-state index in [0.29, 0.717) is 18.7 Å². The molecule has 0 saturated heterocycles. The van der Waals surface area contributed by atoms with Gasteiger partial charge in [0.15, 0.2) is 0 Å². The van der Waals surface area contributed by atoms with Crippen LogP contribution in [0.25, 0.3) is 0 Å². The van der Waals surface area contributed by atoms with Crippen LogP contribution >= 0.6 is 11.3 Å². The van der Waals surface area contributed by atoms with Crippen molar-refractivity contribution < 1.29 is 9.53 Å². The van der Waals surface area contributed by atoms with Gasteiger partial charge in [-0.05, 0) is 43.0 Å². The minimum absolute atomic E-state index is 0.196. The van der Waals surface area contributed by atoms with Gasteiger partial charge in [0, 0.05) is 17.0 Å². The summed E-state index contributed by atoms with van der Waals surface area (Å²) in [7, 11) is 0. The van der Waals surface area contributed by atoms with Gasteiger partial charge in [0.1, 0.15) is 0 Å². The van der Waals surface area contributed by atoms with Crippen LogP contribution in [0.1, 0.15) is 24.3 Å². The number of hydrogen-bond donors (Lipinski definition) is 1. The van der Waals surface area contributed by atoms with E-state index >= 15 is 0 Å². The van der Waals surface area contributed by atoms with Crippen LogP contribution in [0.3, 0.4) is 0 Å². The lowest BCUT2D eigenvalue weighted by Gasteiger charge is -2.27. The van der Waals surface area contributed by atoms with Crippen molar-refractivity contribution >= 4 is 23.0 Å². The molecule has 2 rings (SSSR count). The SMILES string of the molecule is CCOC(=O)C(C)(Cc1cccs1)c1ccc(N)cc1. The molecule has 1 aromatic heterocycles. The van der Waals surface area contributed by atoms with Gasteiger partial charge in [0.25, 0.3) is 0 Å². The number of ether oxygens (including phenoxy) is 1. The molecule has 0 spiro atoms. The van der Waals surface area contributed by atoms with Crippen molar-refractivity contribution in [1.29, 1.82) is 0 Å². The van der Waals surface area contributed by atoms with E-state index in [9.17, 15) is 4.79 Å². The van der Waals surface area contributed by atoms with Crippen molar-refractivity contribution in [1.82, 2.24) is 0 Å². The van der Waals surface area contributed by atoms with Crippen LogP contribution in [0.4, 0.5) is 5.69 Å². The van der Waals surface area contributed by atoms with Gasteiger partial charge in [0.2, 0.25) is 0 Å². The molecule has 0 radical (unpaired) electrons. The van der Waals surface area contributed by atoms with Crippen LogP contribution in [0, 0.1) is 0 Å². The van der Waals surface area contributed by atoms with Crippen LogP contribution < -0.4 is 5.73 Å². The molecule has 1 aromatic carbocycles. The van der Waals surface area contributed by atoms with Gasteiger partial charge in [-0.25, -0.2) is 0 Å². The van der Waals surface area contributed by atoms with Gasteiger partial charge >= 0.3 is 5.97 Å². The molecular weight excluding hydrogens is 270 g/mol. The average molecular weight is 289 g/mol. The Morgan fingerprint density at radius 1 is 1.30 bits per heavy atom. The Labute approximate surface area is 123 Å². The van der Waals surface area contributed by atoms with E-state index < -0.39 is 5.41 Å². The summed E-state index contributed by atoms with van der Waals surface area (Å²) in [4.78, 5) is 13.6. The number of carbonyl (C=O) groups is 1. The van der Waals surface area contributed by atoms with E-state index in [2.05, 4.69) is 0 Å². The molecule has 0 bridgehead atoms. The lowest BCUT2D eigenvalue weighted by Crippen LogP contribution is -2.36. The van der Waals surface area contributed by atoms with Crippen LogP contribution in [0.2, 0.25) is 0 Å². The van der Waals surface area contributed by atoms with E-state index in [-0.39, 0.29) is 5.97 Å². The number of hydrogen-bond acceptors (Lipinski definition) is 4. The largest absolute Gasteiger partial charge is 0.465 e. The molecule has 2 aromatic rings. The van der Waals surface area contributed by atoms with E-state index in [1.165, 1.54) is 0 Å². The lowest BCUT2D eigenvalue weighted by atomic mass is 9.79. The van der Waals surface area contributed by atoms with Crippen LogP contribution in [-0.2, 0) is 21.4 Å². The number of nitrogens with two attached hydrogens (primary N) is 1. The maximum Gasteiger partial charge on any atom is 0.316 e. The van der Waals surface area contributed by atoms with E-state index in [0.717, 1.165) is 10.4 Å². The molecule has 2 N–H and O–H groups in total. The van der Waals surface area contributed by atoms with Crippen LogP contribution in [-0.4, -0.2) is 12.6 Å². The molecule has 4 heteroatoms. The molecule has 0 amide bonds. The first-order valence-corrected chi connectivity index (χ1v) is 7.50. The summed E-state index contributed by atoms with van der Waals surface area (Å²) in [5.74, 6) is -0.196. The number of benzene rings is 1. The zero-order chi connectivity index (χ0) is 14.6. The minimum atomic E-state index is -0.686.